The van der Waals surface area contributed by atoms with Crippen LogP contribution in [0.1, 0.15) is 12.8 Å². The Balaban J connectivity index is 1.59. The molecule has 0 unspecified atom stereocenters. The molecule has 9 heteroatoms. The van der Waals surface area contributed by atoms with E-state index in [4.69, 9.17) is 25.8 Å². The van der Waals surface area contributed by atoms with E-state index in [-0.39, 0.29) is 18.6 Å². The number of hydrogen-bond acceptors (Lipinski definition) is 8. The second-order valence-electron chi connectivity index (χ2n) is 6.91. The minimum atomic E-state index is 0.0515. The van der Waals surface area contributed by atoms with Crippen molar-refractivity contribution in [3.63, 3.8) is 0 Å². The van der Waals surface area contributed by atoms with Crippen LogP contribution in [0.25, 0.3) is 10.9 Å². The highest BCUT2D eigenvalue weighted by molar-refractivity contribution is 6.34. The molecule has 2 aliphatic heterocycles. The Morgan fingerprint density at radius 1 is 1.17 bits per heavy atom. The van der Waals surface area contributed by atoms with Gasteiger partial charge in [-0.15, -0.1) is 0 Å². The standard InChI is InChI=1S/C20H19ClN4O4/c21-13-1-2-15-19(28-10-27-15)18(13)25-20-17-14(23-9-24-20)7-11(26)8-16(17)29-12-3-5-22-6-4-12/h1-2,7-9,12,22,26H,3-6,10H2,(H,23,24,25). The summed E-state index contributed by atoms with van der Waals surface area (Å²) >= 11 is 6.41. The number of fused-ring (bicyclic) bond motifs is 2. The summed E-state index contributed by atoms with van der Waals surface area (Å²) in [5, 5.41) is 17.9. The van der Waals surface area contributed by atoms with Crippen LogP contribution >= 0.6 is 11.6 Å². The molecule has 0 spiro atoms. The van der Waals surface area contributed by atoms with E-state index in [2.05, 4.69) is 20.6 Å². The molecule has 3 aromatic rings. The van der Waals surface area contributed by atoms with Crippen molar-refractivity contribution >= 4 is 34.0 Å². The van der Waals surface area contributed by atoms with Crippen molar-refractivity contribution in [2.24, 2.45) is 0 Å². The highest BCUT2D eigenvalue weighted by Crippen LogP contribution is 2.46. The van der Waals surface area contributed by atoms with Crippen LogP contribution in [0, 0.1) is 0 Å². The van der Waals surface area contributed by atoms with Gasteiger partial charge in [0, 0.05) is 12.1 Å². The molecule has 0 bridgehead atoms. The summed E-state index contributed by atoms with van der Waals surface area (Å²) in [6.45, 7) is 1.92. The van der Waals surface area contributed by atoms with Gasteiger partial charge in [-0.2, -0.15) is 0 Å². The second-order valence-corrected chi connectivity index (χ2v) is 7.32. The highest BCUT2D eigenvalue weighted by Gasteiger charge is 2.23. The smallest absolute Gasteiger partial charge is 0.231 e. The average Bonchev–Trinajstić information content (AvgIpc) is 3.20. The van der Waals surface area contributed by atoms with Gasteiger partial charge in [-0.3, -0.25) is 0 Å². The number of phenols is 1. The van der Waals surface area contributed by atoms with E-state index in [0.29, 0.717) is 44.7 Å². The predicted molar refractivity (Wildman–Crippen MR) is 109 cm³/mol. The molecule has 0 amide bonds. The first-order chi connectivity index (χ1) is 14.2. The van der Waals surface area contributed by atoms with Crippen molar-refractivity contribution in [3.05, 3.63) is 35.6 Å². The van der Waals surface area contributed by atoms with Gasteiger partial charge in [0.25, 0.3) is 0 Å². The fraction of sp³-hybridized carbons (Fsp3) is 0.300. The minimum absolute atomic E-state index is 0.0515. The number of aromatic hydroxyl groups is 1. The average molecular weight is 415 g/mol. The molecule has 0 radical (unpaired) electrons. The summed E-state index contributed by atoms with van der Waals surface area (Å²) in [4.78, 5) is 8.70. The number of hydrogen-bond donors (Lipinski definition) is 3. The van der Waals surface area contributed by atoms with E-state index in [1.807, 2.05) is 0 Å². The van der Waals surface area contributed by atoms with E-state index in [1.165, 1.54) is 6.33 Å². The van der Waals surface area contributed by atoms with Gasteiger partial charge in [-0.25, -0.2) is 9.97 Å². The first-order valence-corrected chi connectivity index (χ1v) is 9.77. The van der Waals surface area contributed by atoms with E-state index in [1.54, 1.807) is 24.3 Å². The lowest BCUT2D eigenvalue weighted by atomic mass is 10.1. The van der Waals surface area contributed by atoms with Crippen LogP contribution in [0.4, 0.5) is 11.5 Å². The van der Waals surface area contributed by atoms with E-state index in [9.17, 15) is 5.11 Å². The molecule has 8 nitrogen and oxygen atoms in total. The van der Waals surface area contributed by atoms with Crippen LogP contribution in [0.15, 0.2) is 30.6 Å². The topological polar surface area (TPSA) is 97.8 Å². The Labute approximate surface area is 171 Å². The molecule has 2 aromatic carbocycles. The number of phenolic OH excluding ortho intramolecular Hbond substituents is 1. The van der Waals surface area contributed by atoms with Gasteiger partial charge in [0.2, 0.25) is 6.79 Å². The lowest BCUT2D eigenvalue weighted by Gasteiger charge is -2.25. The Morgan fingerprint density at radius 3 is 2.90 bits per heavy atom. The zero-order valence-electron chi connectivity index (χ0n) is 15.4. The fourth-order valence-corrected chi connectivity index (χ4v) is 3.80. The molecule has 2 aliphatic rings. The van der Waals surface area contributed by atoms with E-state index in [0.717, 1.165) is 25.9 Å². The molecule has 3 N–H and O–H groups in total. The maximum absolute atomic E-state index is 10.2. The maximum Gasteiger partial charge on any atom is 0.231 e. The monoisotopic (exact) mass is 414 g/mol. The van der Waals surface area contributed by atoms with Crippen LogP contribution in [0.5, 0.6) is 23.0 Å². The number of halogens is 1. The SMILES string of the molecule is Oc1cc(OC2CCNCC2)c2c(Nc3c(Cl)ccc4c3OCO4)ncnc2c1. The predicted octanol–water partition coefficient (Wildman–Crippen LogP) is 3.59. The third-order valence-corrected chi connectivity index (χ3v) is 5.31. The van der Waals surface area contributed by atoms with Gasteiger partial charge < -0.3 is 30.0 Å². The molecule has 0 aliphatic carbocycles. The molecule has 3 heterocycles. The Bertz CT molecular complexity index is 1070. The summed E-state index contributed by atoms with van der Waals surface area (Å²) in [7, 11) is 0. The molecular weight excluding hydrogens is 396 g/mol. The van der Waals surface area contributed by atoms with Crippen molar-refractivity contribution in [3.8, 4) is 23.0 Å². The summed E-state index contributed by atoms with van der Waals surface area (Å²) in [6.07, 6.45) is 3.25. The number of nitrogens with one attached hydrogen (secondary N) is 2. The molecule has 29 heavy (non-hydrogen) atoms. The maximum atomic E-state index is 10.2. The number of nitrogens with zero attached hydrogens (tertiary/aromatic N) is 2. The quantitative estimate of drug-likeness (QED) is 0.595. The Hall–Kier alpha value is -2.97. The summed E-state index contributed by atoms with van der Waals surface area (Å²) in [5.74, 6) is 2.25. The van der Waals surface area contributed by atoms with E-state index < -0.39 is 0 Å². The number of anilines is 2. The zero-order valence-corrected chi connectivity index (χ0v) is 16.2. The first-order valence-electron chi connectivity index (χ1n) is 9.39. The van der Waals surface area contributed by atoms with Crippen LogP contribution in [0.3, 0.4) is 0 Å². The van der Waals surface area contributed by atoms with Crippen molar-refractivity contribution < 1.29 is 19.3 Å². The second kappa shape index (κ2) is 7.46. The fourth-order valence-electron chi connectivity index (χ4n) is 3.60. The van der Waals surface area contributed by atoms with Gasteiger partial charge in [0.05, 0.1) is 15.9 Å². The van der Waals surface area contributed by atoms with Gasteiger partial charge in [0.15, 0.2) is 11.5 Å². The lowest BCUT2D eigenvalue weighted by Crippen LogP contribution is -2.34. The lowest BCUT2D eigenvalue weighted by molar-refractivity contribution is 0.164. The van der Waals surface area contributed by atoms with Crippen molar-refractivity contribution in [1.82, 2.24) is 15.3 Å². The molecular formula is C20H19ClN4O4. The number of rotatable bonds is 4. The molecule has 0 atom stereocenters. The Morgan fingerprint density at radius 2 is 2.03 bits per heavy atom. The Kier molecular flexibility index (Phi) is 4.65. The van der Waals surface area contributed by atoms with Crippen molar-refractivity contribution in [1.29, 1.82) is 0 Å². The van der Waals surface area contributed by atoms with Crippen LogP contribution in [-0.2, 0) is 0 Å². The summed E-state index contributed by atoms with van der Waals surface area (Å²) < 4.78 is 17.3. The van der Waals surface area contributed by atoms with Gasteiger partial charge in [-0.1, -0.05) is 11.6 Å². The van der Waals surface area contributed by atoms with Gasteiger partial charge in [0.1, 0.15) is 35.4 Å². The van der Waals surface area contributed by atoms with Crippen LogP contribution < -0.4 is 24.8 Å². The number of piperidine rings is 1. The van der Waals surface area contributed by atoms with Gasteiger partial charge >= 0.3 is 0 Å². The van der Waals surface area contributed by atoms with Crippen molar-refractivity contribution in [2.75, 3.05) is 25.2 Å². The molecule has 150 valence electrons. The molecule has 1 aromatic heterocycles. The highest BCUT2D eigenvalue weighted by atomic mass is 35.5. The van der Waals surface area contributed by atoms with Crippen LogP contribution in [-0.4, -0.2) is 41.1 Å². The largest absolute Gasteiger partial charge is 0.508 e. The number of aromatic nitrogens is 2. The molecule has 0 saturated carbocycles. The third kappa shape index (κ3) is 3.45. The molecule has 1 saturated heterocycles. The molecule has 5 rings (SSSR count). The first kappa shape index (κ1) is 18.1. The third-order valence-electron chi connectivity index (χ3n) is 5.00. The summed E-state index contributed by atoms with van der Waals surface area (Å²) in [6, 6.07) is 6.67. The van der Waals surface area contributed by atoms with E-state index >= 15 is 0 Å². The van der Waals surface area contributed by atoms with Crippen LogP contribution in [0.2, 0.25) is 5.02 Å². The molecule has 1 fully saturated rings. The summed E-state index contributed by atoms with van der Waals surface area (Å²) in [5.41, 5.74) is 1.12. The van der Waals surface area contributed by atoms with Gasteiger partial charge in [-0.05, 0) is 38.1 Å². The number of benzene rings is 2. The number of ether oxygens (including phenoxy) is 3. The van der Waals surface area contributed by atoms with Crippen molar-refractivity contribution in [2.45, 2.75) is 18.9 Å². The normalized spacial score (nSPS) is 16.2. The minimum Gasteiger partial charge on any atom is -0.508 e. The zero-order chi connectivity index (χ0) is 19.8.